The van der Waals surface area contributed by atoms with Crippen LogP contribution in [0.25, 0.3) is 0 Å². The molecule has 19 heavy (non-hydrogen) atoms. The number of phenolic OH excluding ortho intramolecular Hbond substituents is 1. The summed E-state index contributed by atoms with van der Waals surface area (Å²) in [6, 6.07) is 7.18. The first-order chi connectivity index (χ1) is 9.13. The highest BCUT2D eigenvalue weighted by atomic mass is 16.3. The first kappa shape index (κ1) is 13.7. The topological polar surface area (TPSA) is 55.8 Å². The predicted octanol–water partition coefficient (Wildman–Crippen LogP) is 0.649. The maximum atomic E-state index is 12.0. The zero-order valence-electron chi connectivity index (χ0n) is 11.5. The van der Waals surface area contributed by atoms with Gasteiger partial charge in [0.15, 0.2) is 0 Å². The number of rotatable bonds is 3. The second-order valence-electron chi connectivity index (χ2n) is 4.81. The van der Waals surface area contributed by atoms with E-state index >= 15 is 0 Å². The summed E-state index contributed by atoms with van der Waals surface area (Å²) in [6.45, 7) is 4.76. The van der Waals surface area contributed by atoms with Gasteiger partial charge in [-0.1, -0.05) is 12.1 Å². The molecule has 1 fully saturated rings. The Bertz CT molecular complexity index is 442. The van der Waals surface area contributed by atoms with Gasteiger partial charge in [-0.15, -0.1) is 0 Å². The van der Waals surface area contributed by atoms with Gasteiger partial charge >= 0.3 is 0 Å². The predicted molar refractivity (Wildman–Crippen MR) is 75.4 cm³/mol. The number of para-hydroxylation sites is 2. The van der Waals surface area contributed by atoms with Crippen molar-refractivity contribution in [1.82, 2.24) is 10.2 Å². The third kappa shape index (κ3) is 2.98. The molecule has 5 heteroatoms. The molecule has 1 heterocycles. The third-order valence-corrected chi connectivity index (χ3v) is 3.62. The fourth-order valence-electron chi connectivity index (χ4n) is 2.30. The number of carbonyl (C=O) groups is 1. The highest BCUT2D eigenvalue weighted by Gasteiger charge is 2.24. The molecule has 1 aromatic carbocycles. The molecule has 1 aliphatic rings. The number of phenols is 1. The summed E-state index contributed by atoms with van der Waals surface area (Å²) >= 11 is 0. The number of likely N-dealkylation sites (N-methyl/N-ethyl adjacent to an activating group) is 1. The van der Waals surface area contributed by atoms with Crippen LogP contribution in [0.1, 0.15) is 6.92 Å². The molecule has 2 rings (SSSR count). The van der Waals surface area contributed by atoms with Crippen LogP contribution in [0.15, 0.2) is 24.3 Å². The molecular weight excluding hydrogens is 242 g/mol. The zero-order chi connectivity index (χ0) is 13.8. The normalized spacial score (nSPS) is 17.4. The van der Waals surface area contributed by atoms with E-state index in [1.165, 1.54) is 0 Å². The van der Waals surface area contributed by atoms with E-state index in [1.54, 1.807) is 13.1 Å². The molecule has 0 radical (unpaired) electrons. The van der Waals surface area contributed by atoms with Gasteiger partial charge in [-0.05, 0) is 26.1 Å². The van der Waals surface area contributed by atoms with Crippen LogP contribution in [0.3, 0.4) is 0 Å². The molecule has 1 saturated heterocycles. The van der Waals surface area contributed by atoms with Crippen LogP contribution < -0.4 is 10.2 Å². The maximum absolute atomic E-state index is 12.0. The Hall–Kier alpha value is -1.75. The average Bonchev–Trinajstić information content (AvgIpc) is 2.46. The summed E-state index contributed by atoms with van der Waals surface area (Å²) < 4.78 is 0. The van der Waals surface area contributed by atoms with Crippen molar-refractivity contribution in [3.8, 4) is 5.75 Å². The molecule has 1 aliphatic heterocycles. The highest BCUT2D eigenvalue weighted by molar-refractivity contribution is 5.81. The summed E-state index contributed by atoms with van der Waals surface area (Å²) in [5.74, 6) is 0.435. The largest absolute Gasteiger partial charge is 0.506 e. The summed E-state index contributed by atoms with van der Waals surface area (Å²) in [7, 11) is 1.79. The molecule has 0 spiro atoms. The molecule has 1 aromatic rings. The number of piperazine rings is 1. The Morgan fingerprint density at radius 1 is 1.26 bits per heavy atom. The molecule has 1 unspecified atom stereocenters. The molecule has 0 aliphatic carbocycles. The second kappa shape index (κ2) is 5.93. The minimum atomic E-state index is -0.142. The molecule has 5 nitrogen and oxygen atoms in total. The van der Waals surface area contributed by atoms with Crippen LogP contribution in [0.2, 0.25) is 0 Å². The number of amides is 1. The number of nitrogens with one attached hydrogen (secondary N) is 1. The quantitative estimate of drug-likeness (QED) is 0.840. The summed E-state index contributed by atoms with van der Waals surface area (Å²) in [4.78, 5) is 16.0. The minimum Gasteiger partial charge on any atom is -0.506 e. The van der Waals surface area contributed by atoms with Crippen molar-refractivity contribution in [2.45, 2.75) is 13.0 Å². The summed E-state index contributed by atoms with van der Waals surface area (Å²) in [5, 5.41) is 12.8. The number of nitrogens with zero attached hydrogens (tertiary/aromatic N) is 2. The van der Waals surface area contributed by atoms with Crippen LogP contribution in [-0.2, 0) is 4.79 Å². The number of hydrogen-bond acceptors (Lipinski definition) is 4. The van der Waals surface area contributed by atoms with Crippen LogP contribution in [0.4, 0.5) is 5.69 Å². The van der Waals surface area contributed by atoms with Crippen molar-refractivity contribution in [3.05, 3.63) is 24.3 Å². The molecule has 1 atom stereocenters. The monoisotopic (exact) mass is 263 g/mol. The van der Waals surface area contributed by atoms with Gasteiger partial charge in [-0.3, -0.25) is 4.79 Å². The second-order valence-corrected chi connectivity index (χ2v) is 4.81. The lowest BCUT2D eigenvalue weighted by atomic mass is 10.2. The van der Waals surface area contributed by atoms with Gasteiger partial charge in [0.25, 0.3) is 0 Å². The third-order valence-electron chi connectivity index (χ3n) is 3.62. The van der Waals surface area contributed by atoms with Crippen molar-refractivity contribution in [2.75, 3.05) is 38.1 Å². The van der Waals surface area contributed by atoms with Gasteiger partial charge in [0.1, 0.15) is 5.75 Å². The van der Waals surface area contributed by atoms with Crippen LogP contribution in [0, 0.1) is 0 Å². The van der Waals surface area contributed by atoms with Crippen molar-refractivity contribution in [2.24, 2.45) is 0 Å². The first-order valence-electron chi connectivity index (χ1n) is 6.62. The van der Waals surface area contributed by atoms with Crippen LogP contribution >= 0.6 is 0 Å². The Labute approximate surface area is 113 Å². The van der Waals surface area contributed by atoms with E-state index in [2.05, 4.69) is 10.2 Å². The van der Waals surface area contributed by atoms with E-state index in [0.717, 1.165) is 18.8 Å². The maximum Gasteiger partial charge on any atom is 0.239 e. The Morgan fingerprint density at radius 3 is 2.47 bits per heavy atom. The lowest BCUT2D eigenvalue weighted by molar-refractivity contribution is -0.133. The van der Waals surface area contributed by atoms with Gasteiger partial charge in [0, 0.05) is 26.2 Å². The Kier molecular flexibility index (Phi) is 4.27. The van der Waals surface area contributed by atoms with Crippen molar-refractivity contribution in [3.63, 3.8) is 0 Å². The van der Waals surface area contributed by atoms with E-state index in [1.807, 2.05) is 30.0 Å². The van der Waals surface area contributed by atoms with Crippen LogP contribution in [0.5, 0.6) is 5.75 Å². The fraction of sp³-hybridized carbons (Fsp3) is 0.500. The fourth-order valence-corrected chi connectivity index (χ4v) is 2.30. The zero-order valence-corrected chi connectivity index (χ0v) is 11.5. The van der Waals surface area contributed by atoms with E-state index in [-0.39, 0.29) is 11.9 Å². The average molecular weight is 263 g/mol. The van der Waals surface area contributed by atoms with Crippen molar-refractivity contribution < 1.29 is 9.90 Å². The smallest absolute Gasteiger partial charge is 0.239 e. The standard InChI is InChI=1S/C14H21N3O2/c1-11(15-2)14(19)17-9-7-16(8-10-17)12-5-3-4-6-13(12)18/h3-6,11,15,18H,7-10H2,1-2H3. The highest BCUT2D eigenvalue weighted by Crippen LogP contribution is 2.27. The molecular formula is C14H21N3O2. The Morgan fingerprint density at radius 2 is 1.89 bits per heavy atom. The number of aromatic hydroxyl groups is 1. The van der Waals surface area contributed by atoms with E-state index in [0.29, 0.717) is 18.8 Å². The van der Waals surface area contributed by atoms with E-state index in [4.69, 9.17) is 0 Å². The van der Waals surface area contributed by atoms with Crippen LogP contribution in [-0.4, -0.2) is 55.2 Å². The van der Waals surface area contributed by atoms with Crippen molar-refractivity contribution >= 4 is 11.6 Å². The molecule has 2 N–H and O–H groups in total. The SMILES string of the molecule is CNC(C)C(=O)N1CCN(c2ccccc2O)CC1. The number of benzene rings is 1. The molecule has 1 amide bonds. The van der Waals surface area contributed by atoms with Gasteiger partial charge in [0.05, 0.1) is 11.7 Å². The van der Waals surface area contributed by atoms with Gasteiger partial charge < -0.3 is 20.2 Å². The molecule has 0 saturated carbocycles. The molecule has 0 aromatic heterocycles. The Balaban J connectivity index is 1.96. The van der Waals surface area contributed by atoms with E-state index in [9.17, 15) is 9.90 Å². The molecule has 104 valence electrons. The summed E-state index contributed by atoms with van der Waals surface area (Å²) in [5.41, 5.74) is 0.844. The lowest BCUT2D eigenvalue weighted by Crippen LogP contribution is -2.53. The van der Waals surface area contributed by atoms with E-state index < -0.39 is 0 Å². The summed E-state index contributed by atoms with van der Waals surface area (Å²) in [6.07, 6.45) is 0. The lowest BCUT2D eigenvalue weighted by Gasteiger charge is -2.37. The van der Waals surface area contributed by atoms with Gasteiger partial charge in [0.2, 0.25) is 5.91 Å². The number of hydrogen-bond donors (Lipinski definition) is 2. The molecule has 0 bridgehead atoms. The van der Waals surface area contributed by atoms with Gasteiger partial charge in [-0.25, -0.2) is 0 Å². The first-order valence-corrected chi connectivity index (χ1v) is 6.62. The number of anilines is 1. The number of carbonyl (C=O) groups excluding carboxylic acids is 1. The minimum absolute atomic E-state index is 0.138. The van der Waals surface area contributed by atoms with Crippen molar-refractivity contribution in [1.29, 1.82) is 0 Å². The van der Waals surface area contributed by atoms with Gasteiger partial charge in [-0.2, -0.15) is 0 Å².